The Balaban J connectivity index is 2.79. The van der Waals surface area contributed by atoms with Crippen LogP contribution in [0.5, 0.6) is 0 Å². The first-order valence-electron chi connectivity index (χ1n) is 4.32. The molecule has 16 heavy (non-hydrogen) atoms. The van der Waals surface area contributed by atoms with Crippen LogP contribution in [-0.2, 0) is 7.05 Å². The van der Waals surface area contributed by atoms with Gasteiger partial charge in [-0.15, -0.1) is 0 Å². The summed E-state index contributed by atoms with van der Waals surface area (Å²) in [5.74, 6) is -1.52. The van der Waals surface area contributed by atoms with Crippen LogP contribution < -0.4 is 11.1 Å². The SMILES string of the molecule is Cn1nc(C(N)=O)cc1C(=O)NCC(F)F. The first-order chi connectivity index (χ1) is 7.41. The van der Waals surface area contributed by atoms with Crippen molar-refractivity contribution in [1.29, 1.82) is 0 Å². The molecule has 0 bridgehead atoms. The van der Waals surface area contributed by atoms with Crippen molar-refractivity contribution in [2.75, 3.05) is 6.54 Å². The molecule has 0 aromatic carbocycles. The Morgan fingerprint density at radius 2 is 2.25 bits per heavy atom. The molecule has 1 rings (SSSR count). The number of primary amides is 1. The largest absolute Gasteiger partial charge is 0.364 e. The average Bonchev–Trinajstić information content (AvgIpc) is 2.57. The minimum atomic E-state index is -2.63. The number of carbonyl (C=O) groups is 2. The summed E-state index contributed by atoms with van der Waals surface area (Å²) in [5.41, 5.74) is 4.85. The van der Waals surface area contributed by atoms with Crippen LogP contribution in [0.15, 0.2) is 6.07 Å². The standard InChI is InChI=1S/C8H10F2N4O2/c1-14-5(2-4(13-14)7(11)15)8(16)12-3-6(9)10/h2,6H,3H2,1H3,(H2,11,15)(H,12,16). The van der Waals surface area contributed by atoms with Gasteiger partial charge in [0.25, 0.3) is 18.2 Å². The highest BCUT2D eigenvalue weighted by atomic mass is 19.3. The monoisotopic (exact) mass is 232 g/mol. The van der Waals surface area contributed by atoms with E-state index in [0.29, 0.717) is 0 Å². The third-order valence-corrected chi connectivity index (χ3v) is 1.78. The molecular formula is C8H10F2N4O2. The lowest BCUT2D eigenvalue weighted by Gasteiger charge is -2.03. The molecule has 1 heterocycles. The minimum Gasteiger partial charge on any atom is -0.364 e. The van der Waals surface area contributed by atoms with Crippen LogP contribution in [0.2, 0.25) is 0 Å². The van der Waals surface area contributed by atoms with Crippen molar-refractivity contribution in [3.05, 3.63) is 17.5 Å². The molecule has 0 atom stereocenters. The van der Waals surface area contributed by atoms with E-state index in [0.717, 1.165) is 10.7 Å². The maximum Gasteiger partial charge on any atom is 0.269 e. The number of hydrogen-bond acceptors (Lipinski definition) is 3. The number of aryl methyl sites for hydroxylation is 1. The first kappa shape index (κ1) is 12.1. The summed E-state index contributed by atoms with van der Waals surface area (Å²) in [6.45, 7) is -0.754. The second kappa shape index (κ2) is 4.69. The molecule has 0 aliphatic heterocycles. The Morgan fingerprint density at radius 3 is 2.69 bits per heavy atom. The molecule has 0 fully saturated rings. The highest BCUT2D eigenvalue weighted by Crippen LogP contribution is 2.02. The number of halogens is 2. The molecule has 8 heteroatoms. The predicted octanol–water partition coefficient (Wildman–Crippen LogP) is -0.486. The molecule has 0 aliphatic carbocycles. The smallest absolute Gasteiger partial charge is 0.269 e. The number of nitrogens with one attached hydrogen (secondary N) is 1. The molecular weight excluding hydrogens is 222 g/mol. The van der Waals surface area contributed by atoms with Crippen LogP contribution >= 0.6 is 0 Å². The van der Waals surface area contributed by atoms with Gasteiger partial charge in [-0.1, -0.05) is 0 Å². The maximum absolute atomic E-state index is 11.8. The van der Waals surface area contributed by atoms with E-state index in [1.165, 1.54) is 7.05 Å². The van der Waals surface area contributed by atoms with Gasteiger partial charge in [-0.3, -0.25) is 14.3 Å². The van der Waals surface area contributed by atoms with E-state index in [-0.39, 0.29) is 11.4 Å². The van der Waals surface area contributed by atoms with E-state index in [2.05, 4.69) is 5.10 Å². The van der Waals surface area contributed by atoms with Crippen molar-refractivity contribution in [3.63, 3.8) is 0 Å². The summed E-state index contributed by atoms with van der Waals surface area (Å²) in [7, 11) is 1.41. The number of amides is 2. The molecule has 0 saturated carbocycles. The van der Waals surface area contributed by atoms with Gasteiger partial charge >= 0.3 is 0 Å². The molecule has 0 spiro atoms. The first-order valence-corrected chi connectivity index (χ1v) is 4.32. The number of carbonyl (C=O) groups excluding carboxylic acids is 2. The van der Waals surface area contributed by atoms with E-state index in [1.807, 2.05) is 5.32 Å². The highest BCUT2D eigenvalue weighted by molar-refractivity contribution is 5.97. The second-order valence-electron chi connectivity index (χ2n) is 3.00. The number of alkyl halides is 2. The summed E-state index contributed by atoms with van der Waals surface area (Å²) in [5, 5.41) is 5.64. The van der Waals surface area contributed by atoms with Gasteiger partial charge in [-0.2, -0.15) is 5.10 Å². The lowest BCUT2D eigenvalue weighted by molar-refractivity contribution is 0.0882. The van der Waals surface area contributed by atoms with Gasteiger partial charge in [0.2, 0.25) is 0 Å². The number of hydrogen-bond donors (Lipinski definition) is 2. The number of rotatable bonds is 4. The zero-order chi connectivity index (χ0) is 12.3. The van der Waals surface area contributed by atoms with Crippen LogP contribution in [0, 0.1) is 0 Å². The van der Waals surface area contributed by atoms with Gasteiger partial charge < -0.3 is 11.1 Å². The molecule has 2 amide bonds. The topological polar surface area (TPSA) is 90.0 Å². The Kier molecular flexibility index (Phi) is 3.54. The van der Waals surface area contributed by atoms with Crippen LogP contribution in [-0.4, -0.2) is 34.6 Å². The third kappa shape index (κ3) is 2.75. The summed E-state index contributed by atoms with van der Waals surface area (Å²) in [4.78, 5) is 22.1. The van der Waals surface area contributed by atoms with Crippen LogP contribution in [0.1, 0.15) is 21.0 Å². The number of nitrogens with zero attached hydrogens (tertiary/aromatic N) is 2. The van der Waals surface area contributed by atoms with E-state index in [4.69, 9.17) is 5.73 Å². The fraction of sp³-hybridized carbons (Fsp3) is 0.375. The number of nitrogens with two attached hydrogens (primary N) is 1. The molecule has 6 nitrogen and oxygen atoms in total. The molecule has 1 aromatic heterocycles. The van der Waals surface area contributed by atoms with Gasteiger partial charge in [-0.25, -0.2) is 8.78 Å². The van der Waals surface area contributed by atoms with Gasteiger partial charge in [0.1, 0.15) is 5.69 Å². The molecule has 0 saturated heterocycles. The zero-order valence-corrected chi connectivity index (χ0v) is 8.41. The summed E-state index contributed by atoms with van der Waals surface area (Å²) >= 11 is 0. The van der Waals surface area contributed by atoms with Gasteiger partial charge in [0.05, 0.1) is 6.54 Å². The zero-order valence-electron chi connectivity index (χ0n) is 8.41. The van der Waals surface area contributed by atoms with Crippen LogP contribution in [0.3, 0.4) is 0 Å². The Bertz CT molecular complexity index is 416. The van der Waals surface area contributed by atoms with E-state index in [9.17, 15) is 18.4 Å². The van der Waals surface area contributed by atoms with Crippen molar-refractivity contribution < 1.29 is 18.4 Å². The van der Waals surface area contributed by atoms with Crippen molar-refractivity contribution in [1.82, 2.24) is 15.1 Å². The van der Waals surface area contributed by atoms with Gasteiger partial charge in [-0.05, 0) is 0 Å². The Morgan fingerprint density at radius 1 is 1.62 bits per heavy atom. The van der Waals surface area contributed by atoms with Gasteiger partial charge in [0.15, 0.2) is 5.69 Å². The van der Waals surface area contributed by atoms with E-state index in [1.54, 1.807) is 0 Å². The molecule has 0 unspecified atom stereocenters. The summed E-state index contributed by atoms with van der Waals surface area (Å²) < 4.78 is 24.8. The average molecular weight is 232 g/mol. The van der Waals surface area contributed by atoms with Gasteiger partial charge in [0, 0.05) is 13.1 Å². The lowest BCUT2D eigenvalue weighted by atomic mass is 10.3. The Labute approximate surface area is 89.4 Å². The maximum atomic E-state index is 11.8. The highest BCUT2D eigenvalue weighted by Gasteiger charge is 2.16. The van der Waals surface area contributed by atoms with Crippen molar-refractivity contribution in [3.8, 4) is 0 Å². The summed E-state index contributed by atoms with van der Waals surface area (Å²) in [6.07, 6.45) is -2.63. The summed E-state index contributed by atoms with van der Waals surface area (Å²) in [6, 6.07) is 1.14. The molecule has 0 radical (unpaired) electrons. The van der Waals surface area contributed by atoms with Crippen molar-refractivity contribution in [2.24, 2.45) is 12.8 Å². The third-order valence-electron chi connectivity index (χ3n) is 1.78. The predicted molar refractivity (Wildman–Crippen MR) is 50.1 cm³/mol. The molecule has 0 aliphatic rings. The Hall–Kier alpha value is -1.99. The van der Waals surface area contributed by atoms with Crippen LogP contribution in [0.4, 0.5) is 8.78 Å². The normalized spacial score (nSPS) is 10.5. The molecule has 88 valence electrons. The fourth-order valence-electron chi connectivity index (χ4n) is 1.06. The fourth-order valence-corrected chi connectivity index (χ4v) is 1.06. The van der Waals surface area contributed by atoms with E-state index < -0.39 is 24.8 Å². The molecule has 1 aromatic rings. The van der Waals surface area contributed by atoms with Crippen molar-refractivity contribution >= 4 is 11.8 Å². The van der Waals surface area contributed by atoms with E-state index >= 15 is 0 Å². The quantitative estimate of drug-likeness (QED) is 0.734. The van der Waals surface area contributed by atoms with Crippen LogP contribution in [0.25, 0.3) is 0 Å². The second-order valence-corrected chi connectivity index (χ2v) is 3.00. The minimum absolute atomic E-state index is 0.00514. The number of aromatic nitrogens is 2. The molecule has 3 N–H and O–H groups in total. The van der Waals surface area contributed by atoms with Crippen molar-refractivity contribution in [2.45, 2.75) is 6.43 Å². The lowest BCUT2D eigenvalue weighted by Crippen LogP contribution is -2.29.